The highest BCUT2D eigenvalue weighted by atomic mass is 35.5. The number of aliphatic hydroxyl groups is 1. The third-order valence-corrected chi connectivity index (χ3v) is 7.96. The minimum Gasteiger partial charge on any atom is -0.442 e. The summed E-state index contributed by atoms with van der Waals surface area (Å²) in [6, 6.07) is 4.31. The van der Waals surface area contributed by atoms with Crippen molar-refractivity contribution in [3.8, 4) is 0 Å². The quantitative estimate of drug-likeness (QED) is 0.344. The number of thioether (sulfide) groups is 1. The fourth-order valence-electron chi connectivity index (χ4n) is 4.36. The molecule has 0 bridgehead atoms. The average molecular weight is 510 g/mol. The Morgan fingerprint density at radius 3 is 2.41 bits per heavy atom. The molecular weight excluding hydrogens is 486 g/mol. The second-order valence-corrected chi connectivity index (χ2v) is 10.1. The van der Waals surface area contributed by atoms with Gasteiger partial charge in [0.05, 0.1) is 0 Å². The third kappa shape index (κ3) is 4.16. The molecule has 0 aromatic heterocycles. The van der Waals surface area contributed by atoms with Crippen molar-refractivity contribution in [1.82, 2.24) is 9.80 Å². The Morgan fingerprint density at radius 2 is 1.82 bits per heavy atom. The molecule has 182 valence electrons. The van der Waals surface area contributed by atoms with Crippen LogP contribution in [0.2, 0.25) is 5.02 Å². The van der Waals surface area contributed by atoms with E-state index in [2.05, 4.69) is 0 Å². The van der Waals surface area contributed by atoms with Crippen LogP contribution in [0.4, 0.5) is 5.69 Å². The normalized spacial score (nSPS) is 28.5. The molecule has 10 nitrogen and oxygen atoms in total. The van der Waals surface area contributed by atoms with E-state index in [0.29, 0.717) is 10.7 Å². The van der Waals surface area contributed by atoms with E-state index in [9.17, 15) is 29.1 Å². The van der Waals surface area contributed by atoms with E-state index < -0.39 is 53.5 Å². The summed E-state index contributed by atoms with van der Waals surface area (Å²) in [6.07, 6.45) is 0.258. The minimum absolute atomic E-state index is 0.0501. The molecular formula is C22H24ClN3O7S. The number of carbonyl (C=O) groups is 5. The van der Waals surface area contributed by atoms with E-state index >= 15 is 0 Å². The number of imide groups is 1. The van der Waals surface area contributed by atoms with Crippen LogP contribution in [0.25, 0.3) is 0 Å². The molecule has 1 aromatic rings. The largest absolute Gasteiger partial charge is 0.442 e. The molecule has 4 amide bonds. The molecule has 0 radical (unpaired) electrons. The van der Waals surface area contributed by atoms with Crippen molar-refractivity contribution in [2.75, 3.05) is 17.4 Å². The van der Waals surface area contributed by atoms with Crippen molar-refractivity contribution in [2.45, 2.75) is 56.2 Å². The van der Waals surface area contributed by atoms with Crippen LogP contribution in [-0.2, 0) is 28.7 Å². The van der Waals surface area contributed by atoms with Gasteiger partial charge in [-0.15, -0.1) is 11.8 Å². The third-order valence-electron chi connectivity index (χ3n) is 6.13. The summed E-state index contributed by atoms with van der Waals surface area (Å²) in [5.41, 5.74) is -1.12. The minimum atomic E-state index is -1.61. The number of anilines is 1. The van der Waals surface area contributed by atoms with Crippen molar-refractivity contribution < 1.29 is 33.8 Å². The van der Waals surface area contributed by atoms with Gasteiger partial charge in [-0.3, -0.25) is 24.1 Å². The van der Waals surface area contributed by atoms with Crippen LogP contribution in [0.3, 0.4) is 0 Å². The number of benzene rings is 1. The van der Waals surface area contributed by atoms with Gasteiger partial charge in [-0.1, -0.05) is 18.5 Å². The number of nitrogens with zero attached hydrogens (tertiary/aromatic N) is 3. The maximum atomic E-state index is 13.3. The molecule has 3 unspecified atom stereocenters. The molecule has 3 aliphatic heterocycles. The average Bonchev–Trinajstić information content (AvgIpc) is 3.12. The Morgan fingerprint density at radius 1 is 1.21 bits per heavy atom. The van der Waals surface area contributed by atoms with Gasteiger partial charge in [-0.25, -0.2) is 9.69 Å². The zero-order valence-electron chi connectivity index (χ0n) is 18.6. The number of ether oxygens (including phenoxy) is 1. The summed E-state index contributed by atoms with van der Waals surface area (Å²) in [4.78, 5) is 66.1. The van der Waals surface area contributed by atoms with Gasteiger partial charge in [0, 0.05) is 35.7 Å². The molecule has 4 rings (SSSR count). The van der Waals surface area contributed by atoms with Crippen LogP contribution in [0.5, 0.6) is 0 Å². The Hall–Kier alpha value is -2.63. The number of rotatable bonds is 6. The van der Waals surface area contributed by atoms with E-state index in [4.69, 9.17) is 16.3 Å². The fraction of sp³-hybridized carbons (Fsp3) is 0.500. The van der Waals surface area contributed by atoms with Gasteiger partial charge in [0.25, 0.3) is 5.91 Å². The molecule has 0 aliphatic carbocycles. The van der Waals surface area contributed by atoms with E-state index in [1.165, 1.54) is 28.5 Å². The van der Waals surface area contributed by atoms with Gasteiger partial charge < -0.3 is 14.7 Å². The molecule has 3 saturated heterocycles. The number of hydrogen-bond acceptors (Lipinski definition) is 8. The second kappa shape index (κ2) is 9.20. The maximum absolute atomic E-state index is 13.3. The monoisotopic (exact) mass is 509 g/mol. The van der Waals surface area contributed by atoms with Gasteiger partial charge >= 0.3 is 5.97 Å². The summed E-state index contributed by atoms with van der Waals surface area (Å²) >= 11 is 7.23. The van der Waals surface area contributed by atoms with E-state index in [0.717, 1.165) is 4.90 Å². The molecule has 4 atom stereocenters. The molecule has 3 aliphatic rings. The first kappa shape index (κ1) is 24.5. The highest BCUT2D eigenvalue weighted by molar-refractivity contribution is 8.00. The summed E-state index contributed by atoms with van der Waals surface area (Å²) in [6.45, 7) is 2.53. The number of halogens is 1. The predicted octanol–water partition coefficient (Wildman–Crippen LogP) is 1.14. The van der Waals surface area contributed by atoms with Crippen molar-refractivity contribution in [3.63, 3.8) is 0 Å². The zero-order valence-corrected chi connectivity index (χ0v) is 20.2. The van der Waals surface area contributed by atoms with Gasteiger partial charge in [-0.05, 0) is 31.2 Å². The van der Waals surface area contributed by atoms with Crippen molar-refractivity contribution in [2.24, 2.45) is 0 Å². The molecule has 34 heavy (non-hydrogen) atoms. The first-order chi connectivity index (χ1) is 16.1. The van der Waals surface area contributed by atoms with Crippen LogP contribution in [0.15, 0.2) is 24.3 Å². The van der Waals surface area contributed by atoms with Crippen LogP contribution in [-0.4, -0.2) is 80.0 Å². The standard InChI is InChI=1S/C22H24ClN3O7S/c1-3-14(27)25(13-6-4-12(23)5-7-13)17-19(30)26-18(22(2,32)10-34-20(17)26)21(31)33-11-24-15(28)8-9-16(24)29/h4-7,17-18,20,32H,3,8-11H2,1-2H3/t17?,18?,20-,22?/m1/s1. The Kier molecular flexibility index (Phi) is 6.63. The Balaban J connectivity index is 1.56. The number of esters is 1. The Bertz CT molecular complexity index is 1030. The highest BCUT2D eigenvalue weighted by Crippen LogP contribution is 2.45. The van der Waals surface area contributed by atoms with Gasteiger partial charge in [0.1, 0.15) is 17.0 Å². The first-order valence-electron chi connectivity index (χ1n) is 10.8. The van der Waals surface area contributed by atoms with E-state index in [1.807, 2.05) is 0 Å². The lowest BCUT2D eigenvalue weighted by atomic mass is 9.90. The molecule has 3 heterocycles. The summed E-state index contributed by atoms with van der Waals surface area (Å²) in [5.74, 6) is -2.49. The first-order valence-corrected chi connectivity index (χ1v) is 12.2. The number of β-lactam (4-membered cyclic amide) rings is 1. The molecule has 0 saturated carbocycles. The fourth-order valence-corrected chi connectivity index (χ4v) is 5.96. The van der Waals surface area contributed by atoms with Gasteiger partial charge in [-0.2, -0.15) is 0 Å². The zero-order chi connectivity index (χ0) is 24.8. The van der Waals surface area contributed by atoms with E-state index in [-0.39, 0.29) is 30.9 Å². The van der Waals surface area contributed by atoms with Crippen molar-refractivity contribution in [1.29, 1.82) is 0 Å². The topological polar surface area (TPSA) is 125 Å². The highest BCUT2D eigenvalue weighted by Gasteiger charge is 2.63. The molecule has 12 heteroatoms. The number of likely N-dealkylation sites (tertiary alicyclic amines) is 1. The molecule has 1 N–H and O–H groups in total. The predicted molar refractivity (Wildman–Crippen MR) is 123 cm³/mol. The number of fused-ring (bicyclic) bond motifs is 1. The number of amides is 4. The number of hydrogen-bond donors (Lipinski definition) is 1. The SMILES string of the molecule is CCC(=O)N(c1ccc(Cl)cc1)C1C(=O)N2C(C(=O)OCN3C(=O)CCC3=O)C(C)(O)CS[C@H]12. The molecule has 0 spiro atoms. The summed E-state index contributed by atoms with van der Waals surface area (Å²) in [7, 11) is 0. The summed E-state index contributed by atoms with van der Waals surface area (Å²) < 4.78 is 5.19. The van der Waals surface area contributed by atoms with Gasteiger partial charge in [0.2, 0.25) is 17.7 Å². The van der Waals surface area contributed by atoms with Crippen molar-refractivity contribution >= 4 is 58.6 Å². The molecule has 1 aromatic carbocycles. The second-order valence-electron chi connectivity index (χ2n) is 8.55. The lowest BCUT2D eigenvalue weighted by Gasteiger charge is -2.58. The van der Waals surface area contributed by atoms with E-state index in [1.54, 1.807) is 31.2 Å². The van der Waals surface area contributed by atoms with Gasteiger partial charge in [0.15, 0.2) is 12.8 Å². The van der Waals surface area contributed by atoms with Crippen LogP contribution in [0, 0.1) is 0 Å². The summed E-state index contributed by atoms with van der Waals surface area (Å²) in [5, 5.41) is 10.8. The lowest BCUT2D eigenvalue weighted by Crippen LogP contribution is -2.79. The lowest BCUT2D eigenvalue weighted by molar-refractivity contribution is -0.180. The number of carbonyl (C=O) groups excluding carboxylic acids is 5. The Labute approximate surface area is 205 Å². The van der Waals surface area contributed by atoms with Crippen LogP contribution >= 0.6 is 23.4 Å². The van der Waals surface area contributed by atoms with Crippen molar-refractivity contribution in [3.05, 3.63) is 29.3 Å². The van der Waals surface area contributed by atoms with Crippen LogP contribution < -0.4 is 4.90 Å². The van der Waals surface area contributed by atoms with Crippen LogP contribution in [0.1, 0.15) is 33.1 Å². The smallest absolute Gasteiger partial charge is 0.333 e. The maximum Gasteiger partial charge on any atom is 0.333 e. The molecule has 3 fully saturated rings.